The van der Waals surface area contributed by atoms with E-state index in [-0.39, 0.29) is 0 Å². The molecular formula is C17H25N3S. The van der Waals surface area contributed by atoms with Gasteiger partial charge in [-0.3, -0.25) is 0 Å². The Bertz CT molecular complexity index is 563. The van der Waals surface area contributed by atoms with Crippen molar-refractivity contribution in [1.29, 1.82) is 0 Å². The van der Waals surface area contributed by atoms with Crippen LogP contribution >= 0.6 is 11.8 Å². The summed E-state index contributed by atoms with van der Waals surface area (Å²) in [5, 5.41) is 8.31. The summed E-state index contributed by atoms with van der Waals surface area (Å²) in [6.45, 7) is 7.38. The second-order valence-corrected chi connectivity index (χ2v) is 6.45. The third kappa shape index (κ3) is 4.11. The molecule has 1 unspecified atom stereocenters. The van der Waals surface area contributed by atoms with Gasteiger partial charge in [-0.15, -0.1) is 0 Å². The van der Waals surface area contributed by atoms with Crippen molar-refractivity contribution in [3.8, 4) is 5.69 Å². The molecule has 2 rings (SSSR count). The molecule has 0 fully saturated rings. The number of nitrogens with one attached hydrogen (secondary N) is 1. The Kier molecular flexibility index (Phi) is 5.88. The van der Waals surface area contributed by atoms with Crippen molar-refractivity contribution in [3.05, 3.63) is 47.3 Å². The quantitative estimate of drug-likeness (QED) is 0.845. The van der Waals surface area contributed by atoms with Gasteiger partial charge in [-0.25, -0.2) is 4.68 Å². The van der Waals surface area contributed by atoms with Crippen molar-refractivity contribution in [2.75, 3.05) is 12.0 Å². The molecule has 1 aromatic carbocycles. The number of benzene rings is 1. The molecule has 0 aliphatic carbocycles. The summed E-state index contributed by atoms with van der Waals surface area (Å²) in [4.78, 5) is 0. The van der Waals surface area contributed by atoms with Crippen molar-refractivity contribution >= 4 is 11.8 Å². The van der Waals surface area contributed by atoms with E-state index in [1.807, 2.05) is 34.6 Å². The smallest absolute Gasteiger partial charge is 0.0648 e. The fraction of sp³-hybridized carbons (Fsp3) is 0.471. The maximum atomic E-state index is 4.69. The Balaban J connectivity index is 2.09. The average Bonchev–Trinajstić information content (AvgIpc) is 2.79. The molecule has 0 bridgehead atoms. The highest BCUT2D eigenvalue weighted by molar-refractivity contribution is 7.98. The maximum Gasteiger partial charge on any atom is 0.0648 e. The summed E-state index contributed by atoms with van der Waals surface area (Å²) < 4.78 is 2.04. The molecule has 1 aromatic heterocycles. The zero-order valence-electron chi connectivity index (χ0n) is 13.4. The lowest BCUT2D eigenvalue weighted by Gasteiger charge is -2.13. The first-order chi connectivity index (χ1) is 10.1. The lowest BCUT2D eigenvalue weighted by atomic mass is 10.1. The second kappa shape index (κ2) is 7.66. The highest BCUT2D eigenvalue weighted by Crippen LogP contribution is 2.18. The van der Waals surface area contributed by atoms with Crippen LogP contribution in [0.5, 0.6) is 0 Å². The summed E-state index contributed by atoms with van der Waals surface area (Å²) in [5.74, 6) is 1.20. The lowest BCUT2D eigenvalue weighted by Crippen LogP contribution is -2.26. The molecule has 21 heavy (non-hydrogen) atoms. The second-order valence-electron chi connectivity index (χ2n) is 5.46. The summed E-state index contributed by atoms with van der Waals surface area (Å²) in [6, 6.07) is 10.9. The number of thioether (sulfide) groups is 1. The van der Waals surface area contributed by atoms with Crippen molar-refractivity contribution in [2.24, 2.45) is 0 Å². The van der Waals surface area contributed by atoms with Gasteiger partial charge in [-0.05, 0) is 51.3 Å². The molecule has 2 aromatic rings. The monoisotopic (exact) mass is 303 g/mol. The zero-order valence-corrected chi connectivity index (χ0v) is 14.2. The van der Waals surface area contributed by atoms with Crippen LogP contribution < -0.4 is 5.32 Å². The third-order valence-electron chi connectivity index (χ3n) is 3.82. The van der Waals surface area contributed by atoms with E-state index in [4.69, 9.17) is 5.10 Å². The molecule has 0 amide bonds. The first-order valence-corrected chi connectivity index (χ1v) is 8.85. The van der Waals surface area contributed by atoms with Crippen LogP contribution in [0.3, 0.4) is 0 Å². The van der Waals surface area contributed by atoms with Gasteiger partial charge in [0.1, 0.15) is 0 Å². The minimum atomic E-state index is 0.538. The molecule has 4 heteroatoms. The van der Waals surface area contributed by atoms with Gasteiger partial charge in [-0.2, -0.15) is 16.9 Å². The van der Waals surface area contributed by atoms with Crippen LogP contribution in [0.15, 0.2) is 30.3 Å². The van der Waals surface area contributed by atoms with Crippen LogP contribution in [0.25, 0.3) is 5.69 Å². The van der Waals surface area contributed by atoms with Gasteiger partial charge >= 0.3 is 0 Å². The summed E-state index contributed by atoms with van der Waals surface area (Å²) in [5.41, 5.74) is 4.78. The Morgan fingerprint density at radius 2 is 1.95 bits per heavy atom. The summed E-state index contributed by atoms with van der Waals surface area (Å²) in [6.07, 6.45) is 3.36. The minimum Gasteiger partial charge on any atom is -0.310 e. The van der Waals surface area contributed by atoms with Gasteiger partial charge in [0, 0.05) is 23.8 Å². The Hall–Kier alpha value is -1.26. The summed E-state index contributed by atoms with van der Waals surface area (Å²) >= 11 is 1.90. The van der Waals surface area contributed by atoms with Crippen molar-refractivity contribution < 1.29 is 0 Å². The Morgan fingerprint density at radius 3 is 2.62 bits per heavy atom. The van der Waals surface area contributed by atoms with Gasteiger partial charge in [0.15, 0.2) is 0 Å². The molecule has 114 valence electrons. The van der Waals surface area contributed by atoms with Gasteiger partial charge in [0.05, 0.1) is 11.4 Å². The van der Waals surface area contributed by atoms with E-state index in [2.05, 4.69) is 44.5 Å². The molecule has 3 nitrogen and oxygen atoms in total. The van der Waals surface area contributed by atoms with Crippen molar-refractivity contribution in [3.63, 3.8) is 0 Å². The van der Waals surface area contributed by atoms with E-state index in [0.717, 1.165) is 17.9 Å². The Morgan fingerprint density at radius 1 is 1.24 bits per heavy atom. The zero-order chi connectivity index (χ0) is 15.2. The summed E-state index contributed by atoms with van der Waals surface area (Å²) in [7, 11) is 0. The number of nitrogens with zero attached hydrogens (tertiary/aromatic N) is 2. The Labute approximate surface area is 132 Å². The van der Waals surface area contributed by atoms with Crippen LogP contribution in [0.4, 0.5) is 0 Å². The average molecular weight is 303 g/mol. The van der Waals surface area contributed by atoms with Crippen LogP contribution in [0.2, 0.25) is 0 Å². The van der Waals surface area contributed by atoms with E-state index in [9.17, 15) is 0 Å². The van der Waals surface area contributed by atoms with Crippen molar-refractivity contribution in [2.45, 2.75) is 39.8 Å². The molecule has 0 aliphatic rings. The standard InChI is InChI=1S/C17H25N3S/c1-13(10-11-21-4)18-12-17-14(2)19-20(15(17)3)16-8-6-5-7-9-16/h5-9,13,18H,10-12H2,1-4H3. The van der Waals surface area contributed by atoms with Crippen LogP contribution in [-0.2, 0) is 6.54 Å². The first kappa shape index (κ1) is 16.1. The molecular weight excluding hydrogens is 278 g/mol. The van der Waals surface area contributed by atoms with E-state index in [1.165, 1.54) is 23.4 Å². The van der Waals surface area contributed by atoms with Gasteiger partial charge < -0.3 is 5.32 Å². The number of hydrogen-bond acceptors (Lipinski definition) is 3. The molecule has 0 saturated heterocycles. The normalized spacial score (nSPS) is 12.6. The minimum absolute atomic E-state index is 0.538. The molecule has 1 N–H and O–H groups in total. The van der Waals surface area contributed by atoms with Gasteiger partial charge in [0.2, 0.25) is 0 Å². The van der Waals surface area contributed by atoms with E-state index < -0.39 is 0 Å². The first-order valence-electron chi connectivity index (χ1n) is 7.46. The maximum absolute atomic E-state index is 4.69. The molecule has 0 spiro atoms. The molecule has 1 atom stereocenters. The van der Waals surface area contributed by atoms with Crippen LogP contribution in [0, 0.1) is 13.8 Å². The highest BCUT2D eigenvalue weighted by Gasteiger charge is 2.13. The van der Waals surface area contributed by atoms with E-state index >= 15 is 0 Å². The molecule has 0 saturated carbocycles. The molecule has 0 radical (unpaired) electrons. The third-order valence-corrected chi connectivity index (χ3v) is 4.47. The number of hydrogen-bond donors (Lipinski definition) is 1. The van der Waals surface area contributed by atoms with Gasteiger partial charge in [-0.1, -0.05) is 18.2 Å². The predicted octanol–water partition coefficient (Wildman–Crippen LogP) is 3.72. The topological polar surface area (TPSA) is 29.9 Å². The fourth-order valence-electron chi connectivity index (χ4n) is 2.42. The highest BCUT2D eigenvalue weighted by atomic mass is 32.2. The SMILES string of the molecule is CSCCC(C)NCc1c(C)nn(-c2ccccc2)c1C. The lowest BCUT2D eigenvalue weighted by molar-refractivity contribution is 0.535. The van der Waals surface area contributed by atoms with Crippen LogP contribution in [-0.4, -0.2) is 27.8 Å². The van der Waals surface area contributed by atoms with E-state index in [0.29, 0.717) is 6.04 Å². The van der Waals surface area contributed by atoms with E-state index in [1.54, 1.807) is 0 Å². The molecule has 0 aliphatic heterocycles. The number of rotatable bonds is 7. The molecule has 1 heterocycles. The number of aryl methyl sites for hydroxylation is 1. The largest absolute Gasteiger partial charge is 0.310 e. The fourth-order valence-corrected chi connectivity index (χ4v) is 3.01. The van der Waals surface area contributed by atoms with Gasteiger partial charge in [0.25, 0.3) is 0 Å². The van der Waals surface area contributed by atoms with Crippen molar-refractivity contribution in [1.82, 2.24) is 15.1 Å². The predicted molar refractivity (Wildman–Crippen MR) is 92.3 cm³/mol. The number of para-hydroxylation sites is 1. The number of aromatic nitrogens is 2. The van der Waals surface area contributed by atoms with Crippen LogP contribution in [0.1, 0.15) is 30.3 Å².